The van der Waals surface area contributed by atoms with Crippen molar-refractivity contribution in [1.29, 1.82) is 0 Å². The number of hydrogen-bond acceptors (Lipinski definition) is 3. The molecule has 0 aromatic carbocycles. The van der Waals surface area contributed by atoms with Gasteiger partial charge in [-0.3, -0.25) is 4.99 Å². The predicted octanol–water partition coefficient (Wildman–Crippen LogP) is 0.205. The number of ether oxygens (including phenoxy) is 1. The number of carbonyl (C=O) groups is 1. The van der Waals surface area contributed by atoms with Gasteiger partial charge in [-0.25, -0.2) is 4.79 Å². The lowest BCUT2D eigenvalue weighted by Gasteiger charge is -2.13. The van der Waals surface area contributed by atoms with Crippen LogP contribution in [0.5, 0.6) is 0 Å². The minimum atomic E-state index is -0.297. The molecule has 1 aliphatic heterocycles. The van der Waals surface area contributed by atoms with E-state index in [1.165, 1.54) is 0 Å². The Morgan fingerprint density at radius 1 is 1.89 bits per heavy atom. The largest absolute Gasteiger partial charge is 0.459 e. The Bertz CT molecular complexity index is 166. The zero-order chi connectivity index (χ0) is 6.85. The highest BCUT2D eigenvalue weighted by Gasteiger charge is 2.15. The molecule has 1 unspecified atom stereocenters. The second kappa shape index (κ2) is 2.44. The van der Waals surface area contributed by atoms with Gasteiger partial charge in [0, 0.05) is 0 Å². The van der Waals surface area contributed by atoms with Gasteiger partial charge in [0.1, 0.15) is 12.3 Å². The molecular weight excluding hydrogens is 137 g/mol. The maximum absolute atomic E-state index is 10.6. The summed E-state index contributed by atoms with van der Waals surface area (Å²) >= 11 is 0. The van der Waals surface area contributed by atoms with Crippen molar-refractivity contribution >= 4 is 20.9 Å². The molecule has 1 aliphatic rings. The van der Waals surface area contributed by atoms with E-state index in [1.54, 1.807) is 6.92 Å². The van der Waals surface area contributed by atoms with E-state index in [2.05, 4.69) is 14.2 Å². The summed E-state index contributed by atoms with van der Waals surface area (Å²) in [6.45, 7) is 2.04. The molecule has 0 aliphatic carbocycles. The first-order valence-electron chi connectivity index (χ1n) is 2.67. The molecule has 3 nitrogen and oxygen atoms in total. The summed E-state index contributed by atoms with van der Waals surface area (Å²) in [7, 11) is 2.48. The van der Waals surface area contributed by atoms with Crippen LogP contribution in [0, 0.1) is 0 Å². The molecule has 0 fully saturated rings. The summed E-state index contributed by atoms with van der Waals surface area (Å²) < 4.78 is 4.71. The van der Waals surface area contributed by atoms with E-state index < -0.39 is 0 Å². The van der Waals surface area contributed by atoms with E-state index in [0.29, 0.717) is 12.3 Å². The Hall–Kier alpha value is -0.430. The zero-order valence-corrected chi connectivity index (χ0v) is 6.28. The number of esters is 1. The molecule has 0 radical (unpaired) electrons. The van der Waals surface area contributed by atoms with Crippen molar-refractivity contribution < 1.29 is 9.53 Å². The van der Waals surface area contributed by atoms with Crippen LogP contribution in [0.25, 0.3) is 0 Å². The van der Waals surface area contributed by atoms with E-state index in [0.717, 1.165) is 0 Å². The fourth-order valence-electron chi connectivity index (χ4n) is 0.604. The Morgan fingerprint density at radius 2 is 2.56 bits per heavy atom. The number of rotatable bonds is 0. The SMILES string of the molecule is CC1=N[C@H](P)COC1=O. The fraction of sp³-hybridized carbons (Fsp3) is 0.600. The lowest BCUT2D eigenvalue weighted by molar-refractivity contribution is -0.136. The molecule has 50 valence electrons. The normalized spacial score (nSPS) is 27.1. The van der Waals surface area contributed by atoms with E-state index in [1.807, 2.05) is 0 Å². The van der Waals surface area contributed by atoms with Crippen LogP contribution >= 0.6 is 9.24 Å². The first-order chi connectivity index (χ1) is 4.20. The van der Waals surface area contributed by atoms with Crippen LogP contribution in [0.1, 0.15) is 6.92 Å². The van der Waals surface area contributed by atoms with E-state index in [-0.39, 0.29) is 11.8 Å². The third-order valence-corrected chi connectivity index (χ3v) is 1.38. The third-order valence-electron chi connectivity index (χ3n) is 1.04. The van der Waals surface area contributed by atoms with Gasteiger partial charge in [-0.1, -0.05) is 0 Å². The summed E-state index contributed by atoms with van der Waals surface area (Å²) in [5.41, 5.74) is 0.459. The average molecular weight is 145 g/mol. The Morgan fingerprint density at radius 3 is 3.00 bits per heavy atom. The Balaban J connectivity index is 2.72. The lowest BCUT2D eigenvalue weighted by Crippen LogP contribution is -2.25. The lowest BCUT2D eigenvalue weighted by atomic mass is 10.4. The molecule has 0 saturated carbocycles. The average Bonchev–Trinajstić information content (AvgIpc) is 1.80. The van der Waals surface area contributed by atoms with Gasteiger partial charge in [-0.15, -0.1) is 9.24 Å². The second-order valence-corrected chi connectivity index (χ2v) is 2.65. The van der Waals surface area contributed by atoms with Gasteiger partial charge in [-0.2, -0.15) is 0 Å². The first-order valence-corrected chi connectivity index (χ1v) is 3.34. The van der Waals surface area contributed by atoms with Gasteiger partial charge in [0.25, 0.3) is 0 Å². The van der Waals surface area contributed by atoms with Crippen molar-refractivity contribution in [2.24, 2.45) is 4.99 Å². The van der Waals surface area contributed by atoms with Crippen LogP contribution in [0.2, 0.25) is 0 Å². The standard InChI is InChI=1S/C5H8NO2P/c1-3-5(7)8-2-4(9)6-3/h4H,2,9H2,1H3/t4-/m1/s1. The Labute approximate surface area is 55.7 Å². The van der Waals surface area contributed by atoms with Crippen LogP contribution in [0.4, 0.5) is 0 Å². The molecule has 0 amide bonds. The summed E-state index contributed by atoms with van der Waals surface area (Å²) in [4.78, 5) is 14.5. The summed E-state index contributed by atoms with van der Waals surface area (Å²) in [5.74, 6) is -0.239. The molecule has 1 heterocycles. The zero-order valence-electron chi connectivity index (χ0n) is 5.13. The number of carbonyl (C=O) groups excluding carboxylic acids is 1. The van der Waals surface area contributed by atoms with Gasteiger partial charge in [0.2, 0.25) is 0 Å². The highest BCUT2D eigenvalue weighted by molar-refractivity contribution is 7.17. The van der Waals surface area contributed by atoms with Crippen molar-refractivity contribution in [3.63, 3.8) is 0 Å². The van der Waals surface area contributed by atoms with Crippen LogP contribution < -0.4 is 0 Å². The van der Waals surface area contributed by atoms with Gasteiger partial charge < -0.3 is 4.74 Å². The minimum Gasteiger partial charge on any atom is -0.459 e. The maximum Gasteiger partial charge on any atom is 0.352 e. The van der Waals surface area contributed by atoms with Crippen LogP contribution in [0.3, 0.4) is 0 Å². The number of cyclic esters (lactones) is 1. The number of nitrogens with zero attached hydrogens (tertiary/aromatic N) is 1. The highest BCUT2D eigenvalue weighted by atomic mass is 31.0. The van der Waals surface area contributed by atoms with Gasteiger partial charge >= 0.3 is 5.97 Å². The Kier molecular flexibility index (Phi) is 1.81. The molecule has 9 heavy (non-hydrogen) atoms. The van der Waals surface area contributed by atoms with Crippen LogP contribution in [-0.4, -0.2) is 24.1 Å². The van der Waals surface area contributed by atoms with E-state index >= 15 is 0 Å². The maximum atomic E-state index is 10.6. The summed E-state index contributed by atoms with van der Waals surface area (Å²) in [6.07, 6.45) is 0. The smallest absolute Gasteiger partial charge is 0.352 e. The van der Waals surface area contributed by atoms with E-state index in [9.17, 15) is 4.79 Å². The van der Waals surface area contributed by atoms with E-state index in [4.69, 9.17) is 4.74 Å². The molecule has 0 aromatic heterocycles. The second-order valence-electron chi connectivity index (χ2n) is 1.88. The molecule has 0 aromatic rings. The summed E-state index contributed by atoms with van der Waals surface area (Å²) in [5, 5.41) is 0. The van der Waals surface area contributed by atoms with Crippen LogP contribution in [0.15, 0.2) is 4.99 Å². The van der Waals surface area contributed by atoms with Gasteiger partial charge in [0.05, 0.1) is 5.78 Å². The van der Waals surface area contributed by atoms with Crippen molar-refractivity contribution in [1.82, 2.24) is 0 Å². The van der Waals surface area contributed by atoms with Crippen molar-refractivity contribution in [3.05, 3.63) is 0 Å². The molecule has 4 heteroatoms. The van der Waals surface area contributed by atoms with Crippen molar-refractivity contribution in [3.8, 4) is 0 Å². The van der Waals surface area contributed by atoms with Gasteiger partial charge in [0.15, 0.2) is 0 Å². The highest BCUT2D eigenvalue weighted by Crippen LogP contribution is 2.08. The number of aliphatic imine (C=N–C) groups is 1. The monoisotopic (exact) mass is 145 g/mol. The molecule has 0 saturated heterocycles. The fourth-order valence-corrected chi connectivity index (χ4v) is 0.924. The van der Waals surface area contributed by atoms with Crippen LogP contribution in [-0.2, 0) is 9.53 Å². The topological polar surface area (TPSA) is 38.7 Å². The summed E-state index contributed by atoms with van der Waals surface area (Å²) in [6, 6.07) is 0. The van der Waals surface area contributed by atoms with Crippen molar-refractivity contribution in [2.45, 2.75) is 12.7 Å². The molecule has 0 spiro atoms. The quantitative estimate of drug-likeness (QED) is 0.361. The predicted molar refractivity (Wildman–Crippen MR) is 37.6 cm³/mol. The first kappa shape index (κ1) is 6.69. The number of hydrogen-bond donors (Lipinski definition) is 0. The molecule has 0 bridgehead atoms. The third kappa shape index (κ3) is 1.49. The van der Waals surface area contributed by atoms with Gasteiger partial charge in [-0.05, 0) is 6.92 Å². The molecular formula is C5H8NO2P. The van der Waals surface area contributed by atoms with Crippen molar-refractivity contribution in [2.75, 3.05) is 6.61 Å². The molecule has 0 N–H and O–H groups in total. The molecule has 1 rings (SSSR count). The minimum absolute atomic E-state index is 0.0581. The molecule has 2 atom stereocenters.